The molecule has 0 aromatic carbocycles. The number of amides is 2. The standard InChI is InChI=1S/C18H25N3O2S/c1-20(15-7-12-24-13-8-15)17(22)14-5-10-21(11-6-14)18(23)16-4-2-3-9-19-16/h2-4,9,14-15H,5-8,10-13H2,1H3. The van der Waals surface area contributed by atoms with E-state index in [2.05, 4.69) is 4.98 Å². The predicted molar refractivity (Wildman–Crippen MR) is 96.0 cm³/mol. The number of carbonyl (C=O) groups is 2. The van der Waals surface area contributed by atoms with E-state index in [-0.39, 0.29) is 17.7 Å². The maximum absolute atomic E-state index is 12.7. The molecule has 2 aliphatic rings. The quantitative estimate of drug-likeness (QED) is 0.842. The first-order valence-electron chi connectivity index (χ1n) is 8.71. The Morgan fingerprint density at radius 3 is 2.50 bits per heavy atom. The second-order valence-corrected chi connectivity index (χ2v) is 7.80. The molecule has 0 aliphatic carbocycles. The lowest BCUT2D eigenvalue weighted by atomic mass is 9.94. The molecule has 2 aliphatic heterocycles. The zero-order valence-electron chi connectivity index (χ0n) is 14.2. The lowest BCUT2D eigenvalue weighted by Crippen LogP contribution is -2.47. The van der Waals surface area contributed by atoms with Crippen LogP contribution in [-0.2, 0) is 4.79 Å². The number of aromatic nitrogens is 1. The van der Waals surface area contributed by atoms with Gasteiger partial charge in [-0.3, -0.25) is 14.6 Å². The van der Waals surface area contributed by atoms with Gasteiger partial charge in [-0.15, -0.1) is 0 Å². The average molecular weight is 347 g/mol. The van der Waals surface area contributed by atoms with E-state index in [9.17, 15) is 9.59 Å². The molecule has 6 heteroatoms. The summed E-state index contributed by atoms with van der Waals surface area (Å²) in [5.41, 5.74) is 0.485. The van der Waals surface area contributed by atoms with E-state index in [1.165, 1.54) is 0 Å². The monoisotopic (exact) mass is 347 g/mol. The third kappa shape index (κ3) is 3.91. The highest BCUT2D eigenvalue weighted by Crippen LogP contribution is 2.25. The van der Waals surface area contributed by atoms with E-state index in [1.807, 2.05) is 34.7 Å². The molecule has 0 spiro atoms. The summed E-state index contributed by atoms with van der Waals surface area (Å²) in [4.78, 5) is 33.1. The van der Waals surface area contributed by atoms with Gasteiger partial charge < -0.3 is 9.80 Å². The number of piperidine rings is 1. The van der Waals surface area contributed by atoms with Crippen LogP contribution in [0.15, 0.2) is 24.4 Å². The largest absolute Gasteiger partial charge is 0.342 e. The lowest BCUT2D eigenvalue weighted by Gasteiger charge is -2.36. The highest BCUT2D eigenvalue weighted by Gasteiger charge is 2.32. The third-order valence-electron chi connectivity index (χ3n) is 5.10. The fraction of sp³-hybridized carbons (Fsp3) is 0.611. The molecule has 5 nitrogen and oxygen atoms in total. The average Bonchev–Trinajstić information content (AvgIpc) is 2.68. The number of carbonyl (C=O) groups excluding carboxylic acids is 2. The van der Waals surface area contributed by atoms with E-state index in [0.29, 0.717) is 24.8 Å². The second kappa shape index (κ2) is 8.01. The molecule has 0 unspecified atom stereocenters. The zero-order valence-corrected chi connectivity index (χ0v) is 15.0. The van der Waals surface area contributed by atoms with E-state index >= 15 is 0 Å². The van der Waals surface area contributed by atoms with Gasteiger partial charge in [-0.2, -0.15) is 11.8 Å². The van der Waals surface area contributed by atoms with E-state index in [0.717, 1.165) is 37.2 Å². The molecule has 3 heterocycles. The highest BCUT2D eigenvalue weighted by molar-refractivity contribution is 7.99. The van der Waals surface area contributed by atoms with Gasteiger partial charge in [-0.25, -0.2) is 0 Å². The molecule has 2 fully saturated rings. The van der Waals surface area contributed by atoms with Crippen molar-refractivity contribution in [2.45, 2.75) is 31.7 Å². The number of likely N-dealkylation sites (tertiary alicyclic amines) is 1. The summed E-state index contributed by atoms with van der Waals surface area (Å²) in [6.45, 7) is 1.28. The second-order valence-electron chi connectivity index (χ2n) is 6.57. The molecular weight excluding hydrogens is 322 g/mol. The minimum Gasteiger partial charge on any atom is -0.342 e. The van der Waals surface area contributed by atoms with Gasteiger partial charge in [0, 0.05) is 38.3 Å². The van der Waals surface area contributed by atoms with Crippen molar-refractivity contribution in [1.82, 2.24) is 14.8 Å². The molecule has 0 atom stereocenters. The van der Waals surface area contributed by atoms with Crippen LogP contribution in [0.5, 0.6) is 0 Å². The number of nitrogens with zero attached hydrogens (tertiary/aromatic N) is 3. The summed E-state index contributed by atoms with van der Waals surface area (Å²) < 4.78 is 0. The molecule has 24 heavy (non-hydrogen) atoms. The van der Waals surface area contributed by atoms with E-state index < -0.39 is 0 Å². The van der Waals surface area contributed by atoms with Crippen molar-refractivity contribution in [3.63, 3.8) is 0 Å². The van der Waals surface area contributed by atoms with Crippen LogP contribution in [-0.4, -0.2) is 64.3 Å². The van der Waals surface area contributed by atoms with Crippen molar-refractivity contribution in [2.75, 3.05) is 31.6 Å². The molecule has 0 radical (unpaired) electrons. The van der Waals surface area contributed by atoms with Crippen LogP contribution >= 0.6 is 11.8 Å². The SMILES string of the molecule is CN(C(=O)C1CCN(C(=O)c2ccccn2)CC1)C1CCSCC1. The Morgan fingerprint density at radius 1 is 1.17 bits per heavy atom. The van der Waals surface area contributed by atoms with Crippen LogP contribution in [0.3, 0.4) is 0 Å². The Morgan fingerprint density at radius 2 is 1.88 bits per heavy atom. The first kappa shape index (κ1) is 17.3. The summed E-state index contributed by atoms with van der Waals surface area (Å²) >= 11 is 1.98. The van der Waals surface area contributed by atoms with Crippen LogP contribution in [0.4, 0.5) is 0 Å². The summed E-state index contributed by atoms with van der Waals surface area (Å²) in [6, 6.07) is 5.77. The minimum atomic E-state index is -0.0286. The Labute approximate surface area is 147 Å². The first-order chi connectivity index (χ1) is 11.7. The van der Waals surface area contributed by atoms with Gasteiger partial charge in [0.1, 0.15) is 5.69 Å². The molecule has 2 saturated heterocycles. The minimum absolute atomic E-state index is 0.0286. The molecule has 0 bridgehead atoms. The fourth-order valence-electron chi connectivity index (χ4n) is 3.52. The summed E-state index contributed by atoms with van der Waals surface area (Å²) in [6.07, 6.45) is 5.35. The Kier molecular flexibility index (Phi) is 5.76. The van der Waals surface area contributed by atoms with Crippen molar-refractivity contribution in [3.05, 3.63) is 30.1 Å². The van der Waals surface area contributed by atoms with Gasteiger partial charge in [0.15, 0.2) is 0 Å². The molecule has 0 N–H and O–H groups in total. The molecule has 2 amide bonds. The van der Waals surface area contributed by atoms with Crippen LogP contribution in [0, 0.1) is 5.92 Å². The molecular formula is C18H25N3O2S. The highest BCUT2D eigenvalue weighted by atomic mass is 32.2. The van der Waals surface area contributed by atoms with E-state index in [1.54, 1.807) is 18.3 Å². The van der Waals surface area contributed by atoms with Crippen LogP contribution in [0.25, 0.3) is 0 Å². The van der Waals surface area contributed by atoms with Gasteiger partial charge in [-0.05, 0) is 49.3 Å². The number of thioether (sulfide) groups is 1. The zero-order chi connectivity index (χ0) is 16.9. The predicted octanol–water partition coefficient (Wildman–Crippen LogP) is 2.29. The normalized spacial score (nSPS) is 20.0. The van der Waals surface area contributed by atoms with Gasteiger partial charge in [0.05, 0.1) is 0 Å². The van der Waals surface area contributed by atoms with Crippen molar-refractivity contribution in [2.24, 2.45) is 5.92 Å². The summed E-state index contributed by atoms with van der Waals surface area (Å²) in [5, 5.41) is 0. The Balaban J connectivity index is 1.52. The van der Waals surface area contributed by atoms with Gasteiger partial charge in [0.2, 0.25) is 5.91 Å². The smallest absolute Gasteiger partial charge is 0.272 e. The lowest BCUT2D eigenvalue weighted by molar-refractivity contribution is -0.137. The van der Waals surface area contributed by atoms with Crippen molar-refractivity contribution in [1.29, 1.82) is 0 Å². The summed E-state index contributed by atoms with van der Waals surface area (Å²) in [7, 11) is 1.95. The number of pyridine rings is 1. The van der Waals surface area contributed by atoms with Crippen LogP contribution < -0.4 is 0 Å². The molecule has 1 aromatic heterocycles. The topological polar surface area (TPSA) is 53.5 Å². The number of hydrogen-bond donors (Lipinski definition) is 0. The van der Waals surface area contributed by atoms with Crippen LogP contribution in [0.1, 0.15) is 36.2 Å². The number of rotatable bonds is 3. The van der Waals surface area contributed by atoms with Gasteiger partial charge >= 0.3 is 0 Å². The van der Waals surface area contributed by atoms with Crippen molar-refractivity contribution < 1.29 is 9.59 Å². The fourth-order valence-corrected chi connectivity index (χ4v) is 4.60. The molecule has 0 saturated carbocycles. The van der Waals surface area contributed by atoms with Crippen molar-refractivity contribution in [3.8, 4) is 0 Å². The first-order valence-corrected chi connectivity index (χ1v) is 9.87. The van der Waals surface area contributed by atoms with Gasteiger partial charge in [-0.1, -0.05) is 6.07 Å². The number of hydrogen-bond acceptors (Lipinski definition) is 4. The van der Waals surface area contributed by atoms with Crippen LogP contribution in [0.2, 0.25) is 0 Å². The summed E-state index contributed by atoms with van der Waals surface area (Å²) in [5.74, 6) is 2.59. The maximum Gasteiger partial charge on any atom is 0.272 e. The molecule has 1 aromatic rings. The third-order valence-corrected chi connectivity index (χ3v) is 6.15. The van der Waals surface area contributed by atoms with E-state index in [4.69, 9.17) is 0 Å². The Bertz CT molecular complexity index is 567. The van der Waals surface area contributed by atoms with Gasteiger partial charge in [0.25, 0.3) is 5.91 Å². The maximum atomic E-state index is 12.7. The van der Waals surface area contributed by atoms with Crippen molar-refractivity contribution >= 4 is 23.6 Å². The molecule has 3 rings (SSSR count). The Hall–Kier alpha value is -1.56. The molecule has 130 valence electrons.